The molecule has 0 saturated carbocycles. The average molecular weight is 325 g/mol. The number of rotatable bonds is 7. The van der Waals surface area contributed by atoms with Crippen LogP contribution in [0.2, 0.25) is 0 Å². The summed E-state index contributed by atoms with van der Waals surface area (Å²) in [5, 5.41) is 7.09. The molecule has 0 aliphatic carbocycles. The SMILES string of the molecule is CCCNc1cccnc1S(=O)(=O)NCc1cscc1C. The Morgan fingerprint density at radius 3 is 2.81 bits per heavy atom. The molecular formula is C14H19N3O2S2. The summed E-state index contributed by atoms with van der Waals surface area (Å²) in [6, 6.07) is 3.45. The Labute approximate surface area is 129 Å². The van der Waals surface area contributed by atoms with E-state index in [1.807, 2.05) is 24.6 Å². The van der Waals surface area contributed by atoms with E-state index in [0.29, 0.717) is 12.2 Å². The van der Waals surface area contributed by atoms with Crippen LogP contribution in [-0.4, -0.2) is 19.9 Å². The zero-order valence-corrected chi connectivity index (χ0v) is 13.7. The van der Waals surface area contributed by atoms with Crippen molar-refractivity contribution in [2.75, 3.05) is 11.9 Å². The number of aromatic nitrogens is 1. The molecule has 0 fully saturated rings. The lowest BCUT2D eigenvalue weighted by Gasteiger charge is -2.11. The van der Waals surface area contributed by atoms with Gasteiger partial charge in [0.1, 0.15) is 0 Å². The third kappa shape index (κ3) is 4.03. The smallest absolute Gasteiger partial charge is 0.260 e. The van der Waals surface area contributed by atoms with E-state index in [4.69, 9.17) is 0 Å². The average Bonchev–Trinajstić information content (AvgIpc) is 2.89. The second-order valence-electron chi connectivity index (χ2n) is 4.69. The van der Waals surface area contributed by atoms with Crippen LogP contribution in [0.4, 0.5) is 5.69 Å². The van der Waals surface area contributed by atoms with Crippen LogP contribution in [0.15, 0.2) is 34.1 Å². The molecule has 2 rings (SSSR count). The van der Waals surface area contributed by atoms with Crippen LogP contribution in [0.3, 0.4) is 0 Å². The molecule has 2 heterocycles. The van der Waals surface area contributed by atoms with Gasteiger partial charge < -0.3 is 5.32 Å². The highest BCUT2D eigenvalue weighted by atomic mass is 32.2. The fourth-order valence-corrected chi connectivity index (χ4v) is 3.78. The highest BCUT2D eigenvalue weighted by molar-refractivity contribution is 7.89. The molecular weight excluding hydrogens is 306 g/mol. The number of sulfonamides is 1. The zero-order chi connectivity index (χ0) is 15.3. The van der Waals surface area contributed by atoms with Gasteiger partial charge >= 0.3 is 0 Å². The summed E-state index contributed by atoms with van der Waals surface area (Å²) in [6.07, 6.45) is 2.40. The maximum atomic E-state index is 12.4. The third-order valence-electron chi connectivity index (χ3n) is 3.01. The van der Waals surface area contributed by atoms with Gasteiger partial charge in [-0.2, -0.15) is 11.3 Å². The maximum Gasteiger partial charge on any atom is 0.260 e. The Morgan fingerprint density at radius 2 is 2.14 bits per heavy atom. The standard InChI is InChI=1S/C14H19N3O2S2/c1-3-6-15-13-5-4-7-16-14(13)21(18,19)17-8-12-10-20-9-11(12)2/h4-5,7,9-10,15,17H,3,6,8H2,1-2H3. The first-order chi connectivity index (χ1) is 10.0. The molecule has 2 aromatic rings. The van der Waals surface area contributed by atoms with E-state index in [9.17, 15) is 8.42 Å². The summed E-state index contributed by atoms with van der Waals surface area (Å²) < 4.78 is 27.4. The van der Waals surface area contributed by atoms with Crippen molar-refractivity contribution in [1.29, 1.82) is 0 Å². The van der Waals surface area contributed by atoms with E-state index in [1.54, 1.807) is 23.5 Å². The molecule has 0 saturated heterocycles. The van der Waals surface area contributed by atoms with Crippen molar-refractivity contribution in [1.82, 2.24) is 9.71 Å². The number of anilines is 1. The molecule has 0 spiro atoms. The van der Waals surface area contributed by atoms with E-state index in [1.165, 1.54) is 6.20 Å². The van der Waals surface area contributed by atoms with Gasteiger partial charge in [0.2, 0.25) is 0 Å². The Hall–Kier alpha value is -1.44. The first-order valence-electron chi connectivity index (χ1n) is 6.75. The van der Waals surface area contributed by atoms with Crippen molar-refractivity contribution in [3.8, 4) is 0 Å². The van der Waals surface area contributed by atoms with Gasteiger partial charge in [0.25, 0.3) is 10.0 Å². The first kappa shape index (κ1) is 15.9. The van der Waals surface area contributed by atoms with Crippen LogP contribution in [0.25, 0.3) is 0 Å². The third-order valence-corrected chi connectivity index (χ3v) is 5.27. The molecule has 0 bridgehead atoms. The lowest BCUT2D eigenvalue weighted by molar-refractivity contribution is 0.577. The number of nitrogens with one attached hydrogen (secondary N) is 2. The molecule has 2 N–H and O–H groups in total. The molecule has 5 nitrogen and oxygen atoms in total. The fraction of sp³-hybridized carbons (Fsp3) is 0.357. The lowest BCUT2D eigenvalue weighted by atomic mass is 10.2. The van der Waals surface area contributed by atoms with E-state index in [0.717, 1.165) is 17.5 Å². The summed E-state index contributed by atoms with van der Waals surface area (Å²) in [4.78, 5) is 4.02. The van der Waals surface area contributed by atoms with Gasteiger partial charge in [-0.1, -0.05) is 6.92 Å². The summed E-state index contributed by atoms with van der Waals surface area (Å²) in [5.74, 6) is 0. The zero-order valence-electron chi connectivity index (χ0n) is 12.1. The van der Waals surface area contributed by atoms with Crippen LogP contribution in [0, 0.1) is 6.92 Å². The van der Waals surface area contributed by atoms with Gasteiger partial charge in [-0.25, -0.2) is 18.1 Å². The molecule has 7 heteroatoms. The van der Waals surface area contributed by atoms with Crippen molar-refractivity contribution >= 4 is 27.0 Å². The lowest BCUT2D eigenvalue weighted by Crippen LogP contribution is -2.25. The summed E-state index contributed by atoms with van der Waals surface area (Å²) in [7, 11) is -3.63. The van der Waals surface area contributed by atoms with E-state index < -0.39 is 10.0 Å². The molecule has 0 radical (unpaired) electrons. The number of thiophene rings is 1. The quantitative estimate of drug-likeness (QED) is 0.821. The second kappa shape index (κ2) is 7.02. The highest BCUT2D eigenvalue weighted by Crippen LogP contribution is 2.19. The van der Waals surface area contributed by atoms with Gasteiger partial charge in [0.05, 0.1) is 5.69 Å². The maximum absolute atomic E-state index is 12.4. The fourth-order valence-electron chi connectivity index (χ4n) is 1.81. The first-order valence-corrected chi connectivity index (χ1v) is 9.17. The Balaban J connectivity index is 2.17. The molecule has 0 aliphatic rings. The second-order valence-corrected chi connectivity index (χ2v) is 7.11. The molecule has 0 aliphatic heterocycles. The van der Waals surface area contributed by atoms with Crippen LogP contribution in [0.1, 0.15) is 24.5 Å². The number of hydrogen-bond acceptors (Lipinski definition) is 5. The van der Waals surface area contributed by atoms with Crippen LogP contribution < -0.4 is 10.0 Å². The minimum Gasteiger partial charge on any atom is -0.383 e. The van der Waals surface area contributed by atoms with Crippen molar-refractivity contribution in [2.45, 2.75) is 31.8 Å². The minimum atomic E-state index is -3.63. The predicted octanol–water partition coefficient (Wildman–Crippen LogP) is 2.75. The summed E-state index contributed by atoms with van der Waals surface area (Å²) in [5.41, 5.74) is 2.62. The van der Waals surface area contributed by atoms with Gasteiger partial charge in [-0.3, -0.25) is 0 Å². The van der Waals surface area contributed by atoms with E-state index >= 15 is 0 Å². The number of nitrogens with zero attached hydrogens (tertiary/aromatic N) is 1. The molecule has 0 unspecified atom stereocenters. The van der Waals surface area contributed by atoms with Crippen molar-refractivity contribution in [3.63, 3.8) is 0 Å². The largest absolute Gasteiger partial charge is 0.383 e. The minimum absolute atomic E-state index is 0.0475. The molecule has 0 atom stereocenters. The number of hydrogen-bond donors (Lipinski definition) is 2. The van der Waals surface area contributed by atoms with Gasteiger partial charge in [-0.05, 0) is 47.4 Å². The topological polar surface area (TPSA) is 71.1 Å². The summed E-state index contributed by atoms with van der Waals surface area (Å²) >= 11 is 1.56. The molecule has 114 valence electrons. The highest BCUT2D eigenvalue weighted by Gasteiger charge is 2.20. The Kier molecular flexibility index (Phi) is 5.33. The van der Waals surface area contributed by atoms with Crippen LogP contribution in [-0.2, 0) is 16.6 Å². The Morgan fingerprint density at radius 1 is 1.33 bits per heavy atom. The van der Waals surface area contributed by atoms with E-state index in [2.05, 4.69) is 15.0 Å². The molecule has 2 aromatic heterocycles. The van der Waals surface area contributed by atoms with Crippen molar-refractivity contribution in [2.24, 2.45) is 0 Å². The van der Waals surface area contributed by atoms with Crippen LogP contribution in [0.5, 0.6) is 0 Å². The summed E-state index contributed by atoms with van der Waals surface area (Å²) in [6.45, 7) is 4.98. The van der Waals surface area contributed by atoms with Gasteiger partial charge in [0, 0.05) is 19.3 Å². The molecule has 0 amide bonds. The Bertz CT molecular complexity index is 696. The monoisotopic (exact) mass is 325 g/mol. The van der Waals surface area contributed by atoms with Gasteiger partial charge in [0.15, 0.2) is 5.03 Å². The van der Waals surface area contributed by atoms with Crippen LogP contribution >= 0.6 is 11.3 Å². The number of aryl methyl sites for hydroxylation is 1. The van der Waals surface area contributed by atoms with E-state index in [-0.39, 0.29) is 11.6 Å². The van der Waals surface area contributed by atoms with Crippen molar-refractivity contribution in [3.05, 3.63) is 40.2 Å². The normalized spacial score (nSPS) is 11.5. The van der Waals surface area contributed by atoms with Crippen molar-refractivity contribution < 1.29 is 8.42 Å². The molecule has 21 heavy (non-hydrogen) atoms. The van der Waals surface area contributed by atoms with Gasteiger partial charge in [-0.15, -0.1) is 0 Å². The predicted molar refractivity (Wildman–Crippen MR) is 86.1 cm³/mol. The molecule has 0 aromatic carbocycles. The number of pyridine rings is 1.